The lowest BCUT2D eigenvalue weighted by atomic mass is 10.2. The van der Waals surface area contributed by atoms with E-state index in [1.165, 1.54) is 32.4 Å². The molecular weight excluding hydrogens is 368 g/mol. The molecule has 0 atom stereocenters. The molecule has 7 nitrogen and oxygen atoms in total. The van der Waals surface area contributed by atoms with Crippen molar-refractivity contribution in [3.8, 4) is 11.5 Å². The minimum Gasteiger partial charge on any atom is -0.496 e. The number of ether oxygens (including phenoxy) is 2. The Kier molecular flexibility index (Phi) is 6.81. The lowest BCUT2D eigenvalue weighted by molar-refractivity contribution is 0.0940. The fraction of sp³-hybridized carbons (Fsp3) is 0.316. The van der Waals surface area contributed by atoms with Crippen molar-refractivity contribution in [2.24, 2.45) is 0 Å². The monoisotopic (exact) mass is 392 g/mol. The van der Waals surface area contributed by atoms with Gasteiger partial charge in [-0.25, -0.2) is 13.1 Å². The number of sulfonamides is 1. The van der Waals surface area contributed by atoms with E-state index >= 15 is 0 Å². The number of amides is 1. The van der Waals surface area contributed by atoms with E-state index < -0.39 is 15.9 Å². The number of para-hydroxylation sites is 1. The van der Waals surface area contributed by atoms with E-state index in [1.54, 1.807) is 24.3 Å². The zero-order chi connectivity index (χ0) is 20.0. The zero-order valence-electron chi connectivity index (χ0n) is 15.8. The first-order valence-corrected chi connectivity index (χ1v) is 9.87. The Hall–Kier alpha value is -2.58. The fourth-order valence-electron chi connectivity index (χ4n) is 2.48. The van der Waals surface area contributed by atoms with Crippen molar-refractivity contribution < 1.29 is 22.7 Å². The molecule has 2 aromatic rings. The van der Waals surface area contributed by atoms with Gasteiger partial charge in [0.15, 0.2) is 0 Å². The predicted octanol–water partition coefficient (Wildman–Crippen LogP) is 2.32. The molecule has 0 aliphatic heterocycles. The Morgan fingerprint density at radius 3 is 2.33 bits per heavy atom. The van der Waals surface area contributed by atoms with Crippen LogP contribution in [-0.2, 0) is 16.6 Å². The van der Waals surface area contributed by atoms with Crippen molar-refractivity contribution in [2.45, 2.75) is 31.3 Å². The number of carbonyl (C=O) groups excluding carboxylic acids is 1. The molecule has 146 valence electrons. The van der Waals surface area contributed by atoms with Gasteiger partial charge in [0.2, 0.25) is 10.0 Å². The first-order chi connectivity index (χ1) is 12.8. The molecule has 0 saturated heterocycles. The van der Waals surface area contributed by atoms with Crippen LogP contribution in [0.25, 0.3) is 0 Å². The third kappa shape index (κ3) is 5.21. The largest absolute Gasteiger partial charge is 0.496 e. The minimum absolute atomic E-state index is 0.0212. The smallest absolute Gasteiger partial charge is 0.255 e. The molecule has 0 unspecified atom stereocenters. The molecule has 0 aliphatic carbocycles. The molecule has 0 heterocycles. The van der Waals surface area contributed by atoms with Crippen LogP contribution in [-0.4, -0.2) is 34.6 Å². The number of hydrogen-bond donors (Lipinski definition) is 2. The summed E-state index contributed by atoms with van der Waals surface area (Å²) in [5, 5.41) is 2.73. The maximum absolute atomic E-state index is 12.7. The van der Waals surface area contributed by atoms with Gasteiger partial charge < -0.3 is 14.8 Å². The van der Waals surface area contributed by atoms with Gasteiger partial charge in [0.1, 0.15) is 11.5 Å². The van der Waals surface area contributed by atoms with Gasteiger partial charge >= 0.3 is 0 Å². The number of hydrogen-bond acceptors (Lipinski definition) is 5. The van der Waals surface area contributed by atoms with Crippen LogP contribution < -0.4 is 19.5 Å². The number of methoxy groups -OCH3 is 2. The summed E-state index contributed by atoms with van der Waals surface area (Å²) in [6.45, 7) is 3.70. The highest BCUT2D eigenvalue weighted by Crippen LogP contribution is 2.23. The molecule has 0 saturated carbocycles. The van der Waals surface area contributed by atoms with Crippen LogP contribution in [0.2, 0.25) is 0 Å². The molecule has 0 fully saturated rings. The van der Waals surface area contributed by atoms with Crippen LogP contribution in [0.15, 0.2) is 47.4 Å². The van der Waals surface area contributed by atoms with Gasteiger partial charge in [0.05, 0.1) is 24.7 Å². The van der Waals surface area contributed by atoms with Gasteiger partial charge in [-0.2, -0.15) is 0 Å². The molecular formula is C19H24N2O5S. The van der Waals surface area contributed by atoms with Crippen molar-refractivity contribution >= 4 is 15.9 Å². The van der Waals surface area contributed by atoms with Crippen LogP contribution >= 0.6 is 0 Å². The molecule has 0 spiro atoms. The quantitative estimate of drug-likeness (QED) is 0.719. The van der Waals surface area contributed by atoms with E-state index in [-0.39, 0.29) is 23.0 Å². The van der Waals surface area contributed by atoms with Crippen molar-refractivity contribution in [1.82, 2.24) is 10.0 Å². The Bertz CT molecular complexity index is 910. The van der Waals surface area contributed by atoms with Crippen molar-refractivity contribution in [3.05, 3.63) is 53.6 Å². The Morgan fingerprint density at radius 1 is 1.04 bits per heavy atom. The fourth-order valence-corrected chi connectivity index (χ4v) is 3.51. The summed E-state index contributed by atoms with van der Waals surface area (Å²) in [7, 11) is -0.884. The van der Waals surface area contributed by atoms with E-state index in [9.17, 15) is 13.2 Å². The number of nitrogens with one attached hydrogen (secondary N) is 2. The van der Waals surface area contributed by atoms with Gasteiger partial charge in [0, 0.05) is 18.2 Å². The van der Waals surface area contributed by atoms with E-state index in [0.29, 0.717) is 17.1 Å². The van der Waals surface area contributed by atoms with E-state index in [1.807, 2.05) is 13.8 Å². The highest BCUT2D eigenvalue weighted by molar-refractivity contribution is 7.89. The second-order valence-electron chi connectivity index (χ2n) is 6.13. The summed E-state index contributed by atoms with van der Waals surface area (Å²) in [4.78, 5) is 12.3. The standard InChI is InChI=1S/C19H24N2O5S/c1-13(2)21-19(22)16-11-15(9-10-18(16)26-4)27(23,24)20-12-14-7-5-6-8-17(14)25-3/h5-11,13,20H,12H2,1-4H3,(H,21,22). The molecule has 27 heavy (non-hydrogen) atoms. The summed E-state index contributed by atoms with van der Waals surface area (Å²) in [6.07, 6.45) is 0. The molecule has 2 rings (SSSR count). The van der Waals surface area contributed by atoms with Gasteiger partial charge in [0.25, 0.3) is 5.91 Å². The normalized spacial score (nSPS) is 11.3. The van der Waals surface area contributed by atoms with Crippen LogP contribution in [0.4, 0.5) is 0 Å². The van der Waals surface area contributed by atoms with Gasteiger partial charge in [-0.05, 0) is 38.1 Å². The summed E-state index contributed by atoms with van der Waals surface area (Å²) in [5.41, 5.74) is 0.862. The Morgan fingerprint density at radius 2 is 1.70 bits per heavy atom. The van der Waals surface area contributed by atoms with Crippen LogP contribution in [0.3, 0.4) is 0 Å². The predicted molar refractivity (Wildman–Crippen MR) is 103 cm³/mol. The average molecular weight is 392 g/mol. The Balaban J connectivity index is 2.28. The van der Waals surface area contributed by atoms with E-state index in [4.69, 9.17) is 9.47 Å². The summed E-state index contributed by atoms with van der Waals surface area (Å²) >= 11 is 0. The summed E-state index contributed by atoms with van der Waals surface area (Å²) < 4.78 is 38.3. The second-order valence-corrected chi connectivity index (χ2v) is 7.89. The molecule has 0 aliphatic rings. The summed E-state index contributed by atoms with van der Waals surface area (Å²) in [5.74, 6) is 0.493. The maximum atomic E-state index is 12.7. The number of benzene rings is 2. The molecule has 2 N–H and O–H groups in total. The van der Waals surface area contributed by atoms with Crippen LogP contribution in [0, 0.1) is 0 Å². The van der Waals surface area contributed by atoms with E-state index in [0.717, 1.165) is 0 Å². The van der Waals surface area contributed by atoms with Crippen molar-refractivity contribution in [3.63, 3.8) is 0 Å². The highest BCUT2D eigenvalue weighted by atomic mass is 32.2. The molecule has 0 radical (unpaired) electrons. The third-order valence-electron chi connectivity index (χ3n) is 3.79. The van der Waals surface area contributed by atoms with Gasteiger partial charge in [-0.1, -0.05) is 18.2 Å². The molecule has 2 aromatic carbocycles. The second kappa shape index (κ2) is 8.88. The molecule has 1 amide bonds. The minimum atomic E-state index is -3.83. The zero-order valence-corrected chi connectivity index (χ0v) is 16.6. The lowest BCUT2D eigenvalue weighted by Crippen LogP contribution is -2.31. The number of carbonyl (C=O) groups is 1. The maximum Gasteiger partial charge on any atom is 0.255 e. The van der Waals surface area contributed by atoms with Gasteiger partial charge in [-0.3, -0.25) is 4.79 Å². The molecule has 0 bridgehead atoms. The first kappa shape index (κ1) is 20.7. The van der Waals surface area contributed by atoms with Crippen LogP contribution in [0.1, 0.15) is 29.8 Å². The molecule has 8 heteroatoms. The van der Waals surface area contributed by atoms with Gasteiger partial charge in [-0.15, -0.1) is 0 Å². The number of rotatable bonds is 8. The lowest BCUT2D eigenvalue weighted by Gasteiger charge is -2.14. The van der Waals surface area contributed by atoms with Crippen molar-refractivity contribution in [1.29, 1.82) is 0 Å². The first-order valence-electron chi connectivity index (χ1n) is 8.39. The molecule has 0 aromatic heterocycles. The van der Waals surface area contributed by atoms with Crippen LogP contribution in [0.5, 0.6) is 11.5 Å². The average Bonchev–Trinajstić information content (AvgIpc) is 2.65. The Labute approximate surface area is 159 Å². The van der Waals surface area contributed by atoms with E-state index in [2.05, 4.69) is 10.0 Å². The third-order valence-corrected chi connectivity index (χ3v) is 5.19. The SMILES string of the molecule is COc1ccccc1CNS(=O)(=O)c1ccc(OC)c(C(=O)NC(C)C)c1. The van der Waals surface area contributed by atoms with Crippen molar-refractivity contribution in [2.75, 3.05) is 14.2 Å². The summed E-state index contributed by atoms with van der Waals surface area (Å²) in [6, 6.07) is 11.2. The topological polar surface area (TPSA) is 93.7 Å². The highest BCUT2D eigenvalue weighted by Gasteiger charge is 2.20.